The molecule has 0 amide bonds. The van der Waals surface area contributed by atoms with Gasteiger partial charge in [0.1, 0.15) is 0 Å². The van der Waals surface area contributed by atoms with Crippen molar-refractivity contribution in [3.05, 3.63) is 0 Å². The van der Waals surface area contributed by atoms with E-state index in [1.807, 2.05) is 0 Å². The Morgan fingerprint density at radius 2 is 1.00 bits per heavy atom. The summed E-state index contributed by atoms with van der Waals surface area (Å²) in [7, 11) is 3.86. The number of hydrogen-bond acceptors (Lipinski definition) is 1. The summed E-state index contributed by atoms with van der Waals surface area (Å²) in [4.78, 5) is 21.6. The van der Waals surface area contributed by atoms with E-state index in [-0.39, 0.29) is 29.6 Å². The second-order valence-corrected chi connectivity index (χ2v) is 4.22. The van der Waals surface area contributed by atoms with Gasteiger partial charge in [-0.1, -0.05) is 0 Å². The second kappa shape index (κ2) is 6.57. The van der Waals surface area contributed by atoms with Gasteiger partial charge in [0.15, 0.2) is 0 Å². The Hall–Kier alpha value is 1.07. The van der Waals surface area contributed by atoms with Crippen molar-refractivity contribution in [2.75, 3.05) is 28.2 Å². The van der Waals surface area contributed by atoms with Gasteiger partial charge in [-0.2, -0.15) is 0 Å². The zero-order chi connectivity index (χ0) is 9.00. The van der Waals surface area contributed by atoms with Crippen molar-refractivity contribution in [1.29, 1.82) is 0 Å². The SMILES string of the molecule is C[N+](C)(C)C.O=P(O)(O)O.[NaH]. The van der Waals surface area contributed by atoms with E-state index < -0.39 is 7.82 Å². The van der Waals surface area contributed by atoms with E-state index in [1.165, 1.54) is 0 Å². The molecule has 0 fully saturated rings. The number of hydrogen-bond donors (Lipinski definition) is 3. The molecule has 11 heavy (non-hydrogen) atoms. The van der Waals surface area contributed by atoms with Gasteiger partial charge in [0.25, 0.3) is 0 Å². The minimum atomic E-state index is -4.64. The fraction of sp³-hybridized carbons (Fsp3) is 1.00. The molecule has 66 valence electrons. The first kappa shape index (κ1) is 18.0. The molecule has 3 N–H and O–H groups in total. The fourth-order valence-corrected chi connectivity index (χ4v) is 0. The van der Waals surface area contributed by atoms with E-state index >= 15 is 0 Å². The first-order chi connectivity index (χ1) is 4.00. The van der Waals surface area contributed by atoms with E-state index in [9.17, 15) is 0 Å². The van der Waals surface area contributed by atoms with Gasteiger partial charge in [-0.05, 0) is 0 Å². The van der Waals surface area contributed by atoms with Crippen LogP contribution in [0.4, 0.5) is 0 Å². The van der Waals surface area contributed by atoms with E-state index in [4.69, 9.17) is 19.2 Å². The summed E-state index contributed by atoms with van der Waals surface area (Å²) in [6, 6.07) is 0. The van der Waals surface area contributed by atoms with Crippen molar-refractivity contribution < 1.29 is 23.7 Å². The van der Waals surface area contributed by atoms with Crippen LogP contribution < -0.4 is 0 Å². The Bertz CT molecular complexity index is 114. The quantitative estimate of drug-likeness (QED) is 0.257. The molecule has 0 aromatic heterocycles. The Kier molecular flexibility index (Phi) is 10.7. The molecule has 0 aromatic carbocycles. The van der Waals surface area contributed by atoms with Crippen LogP contribution in [0.5, 0.6) is 0 Å². The van der Waals surface area contributed by atoms with Crippen molar-refractivity contribution in [3.63, 3.8) is 0 Å². The van der Waals surface area contributed by atoms with Gasteiger partial charge in [0.2, 0.25) is 0 Å². The van der Waals surface area contributed by atoms with Crippen LogP contribution in [0.3, 0.4) is 0 Å². The van der Waals surface area contributed by atoms with Crippen LogP contribution in [0.15, 0.2) is 0 Å². The molecule has 0 rings (SSSR count). The topological polar surface area (TPSA) is 77.8 Å². The van der Waals surface area contributed by atoms with Crippen LogP contribution in [0.1, 0.15) is 0 Å². The molecule has 0 atom stereocenters. The summed E-state index contributed by atoms with van der Waals surface area (Å²) in [6.07, 6.45) is 0. The maximum atomic E-state index is 8.88. The monoisotopic (exact) mass is 196 g/mol. The van der Waals surface area contributed by atoms with Crippen molar-refractivity contribution in [2.45, 2.75) is 0 Å². The van der Waals surface area contributed by atoms with Gasteiger partial charge >= 0.3 is 37.4 Å². The van der Waals surface area contributed by atoms with Gasteiger partial charge in [-0.25, -0.2) is 4.57 Å². The molecule has 0 aliphatic carbocycles. The first-order valence-electron chi connectivity index (χ1n) is 2.57. The molecule has 0 spiro atoms. The zero-order valence-corrected chi connectivity index (χ0v) is 7.54. The van der Waals surface area contributed by atoms with Crippen molar-refractivity contribution in [3.8, 4) is 0 Å². The average Bonchev–Trinajstić information content (AvgIpc) is 1.12. The standard InChI is InChI=1S/C4H12N.Na.H3O4P.H/c1-5(2,3)4;;1-5(2,3)4;/h1-4H3;;(H3,1,2,3,4);/q+1;;;. The van der Waals surface area contributed by atoms with E-state index in [1.54, 1.807) is 0 Å². The van der Waals surface area contributed by atoms with Crippen LogP contribution in [0.25, 0.3) is 0 Å². The molecular formula is C4H16NNaO4P+. The molecule has 7 heteroatoms. The molecule has 0 aliphatic heterocycles. The molecule has 0 aliphatic rings. The van der Waals surface area contributed by atoms with Crippen LogP contribution >= 0.6 is 7.82 Å². The van der Waals surface area contributed by atoms with Crippen LogP contribution in [-0.4, -0.2) is 76.9 Å². The Labute approximate surface area is 89.2 Å². The fourth-order valence-electron chi connectivity index (χ4n) is 0. The Morgan fingerprint density at radius 3 is 1.00 bits per heavy atom. The third kappa shape index (κ3) is 795. The summed E-state index contributed by atoms with van der Waals surface area (Å²) >= 11 is 0. The summed E-state index contributed by atoms with van der Waals surface area (Å²) in [6.45, 7) is 0. The Morgan fingerprint density at radius 1 is 1.00 bits per heavy atom. The number of quaternary nitrogens is 1. The van der Waals surface area contributed by atoms with Gasteiger partial charge < -0.3 is 19.2 Å². The summed E-state index contributed by atoms with van der Waals surface area (Å²) in [5, 5.41) is 0. The predicted octanol–water partition coefficient (Wildman–Crippen LogP) is -1.25. The van der Waals surface area contributed by atoms with Crippen molar-refractivity contribution in [2.24, 2.45) is 0 Å². The first-order valence-corrected chi connectivity index (χ1v) is 4.14. The van der Waals surface area contributed by atoms with E-state index in [0.717, 1.165) is 4.48 Å². The van der Waals surface area contributed by atoms with Gasteiger partial charge in [-0.15, -0.1) is 0 Å². The summed E-state index contributed by atoms with van der Waals surface area (Å²) in [5.41, 5.74) is 0. The average molecular weight is 196 g/mol. The summed E-state index contributed by atoms with van der Waals surface area (Å²) < 4.78 is 9.88. The molecule has 0 radical (unpaired) electrons. The molecule has 0 saturated carbocycles. The maximum absolute atomic E-state index is 8.88. The normalized spacial score (nSPS) is 10.8. The van der Waals surface area contributed by atoms with Crippen molar-refractivity contribution >= 4 is 37.4 Å². The molecule has 0 bridgehead atoms. The van der Waals surface area contributed by atoms with Crippen LogP contribution in [0.2, 0.25) is 0 Å². The zero-order valence-electron chi connectivity index (χ0n) is 6.64. The number of nitrogens with zero attached hydrogens (tertiary/aromatic N) is 1. The minimum absolute atomic E-state index is 0. The third-order valence-corrected chi connectivity index (χ3v) is 0. The molecule has 0 aromatic rings. The number of phosphoric acid groups is 1. The van der Waals surface area contributed by atoms with Crippen LogP contribution in [-0.2, 0) is 4.57 Å². The van der Waals surface area contributed by atoms with Crippen LogP contribution in [0, 0.1) is 0 Å². The van der Waals surface area contributed by atoms with Gasteiger partial charge in [0.05, 0.1) is 28.2 Å². The van der Waals surface area contributed by atoms with Crippen molar-refractivity contribution in [1.82, 2.24) is 0 Å². The summed E-state index contributed by atoms with van der Waals surface area (Å²) in [5.74, 6) is 0. The molecule has 0 heterocycles. The van der Waals surface area contributed by atoms with Gasteiger partial charge in [-0.3, -0.25) is 0 Å². The molecule has 0 saturated heterocycles. The molecular weight excluding hydrogens is 180 g/mol. The number of rotatable bonds is 0. The Balaban J connectivity index is -0.000000107. The van der Waals surface area contributed by atoms with E-state index in [2.05, 4.69) is 28.2 Å². The van der Waals surface area contributed by atoms with Gasteiger partial charge in [0, 0.05) is 0 Å². The predicted molar refractivity (Wildman–Crippen MR) is 45.4 cm³/mol. The van der Waals surface area contributed by atoms with E-state index in [0.29, 0.717) is 0 Å². The third-order valence-electron chi connectivity index (χ3n) is 0. The molecule has 0 unspecified atom stereocenters. The molecule has 5 nitrogen and oxygen atoms in total. The second-order valence-electron chi connectivity index (χ2n) is 3.20.